The average Bonchev–Trinajstić information content (AvgIpc) is 2.93. The highest BCUT2D eigenvalue weighted by atomic mass is 16.5. The number of ether oxygens (including phenoxy) is 2. The van der Waals surface area contributed by atoms with Crippen molar-refractivity contribution in [2.24, 2.45) is 0 Å². The van der Waals surface area contributed by atoms with E-state index in [9.17, 15) is 9.59 Å². The summed E-state index contributed by atoms with van der Waals surface area (Å²) in [7, 11) is 5.30. The van der Waals surface area contributed by atoms with Crippen LogP contribution in [0.25, 0.3) is 0 Å². The molecule has 0 atom stereocenters. The first-order chi connectivity index (χ1) is 13.5. The molecule has 3 heterocycles. The van der Waals surface area contributed by atoms with Gasteiger partial charge >= 0.3 is 6.03 Å². The van der Waals surface area contributed by atoms with Gasteiger partial charge in [0.25, 0.3) is 5.91 Å². The Morgan fingerprint density at radius 1 is 1.04 bits per heavy atom. The predicted molar refractivity (Wildman–Crippen MR) is 103 cm³/mol. The number of nitrogens with one attached hydrogen (secondary N) is 1. The Hall–Kier alpha value is -2.32. The van der Waals surface area contributed by atoms with Gasteiger partial charge in [0.1, 0.15) is 5.54 Å². The van der Waals surface area contributed by atoms with Crippen LogP contribution in [0.15, 0.2) is 12.1 Å². The Bertz CT molecular complexity index is 789. The monoisotopic (exact) mass is 388 g/mol. The molecule has 8 nitrogen and oxygen atoms in total. The zero-order chi connectivity index (χ0) is 19.9. The highest BCUT2D eigenvalue weighted by molar-refractivity contribution is 6.07. The molecule has 1 spiro atoms. The minimum atomic E-state index is -0.714. The topological polar surface area (TPSA) is 74.4 Å². The standard InChI is InChI=1S/C20H28N4O4/c1-22-8-5-20(6-9-22)18(25)24(19(26)21-20)13-23-7-4-14-10-16(27-2)17(28-3)11-15(14)12-23/h10-11H,4-9,12-13H2,1-3H3,(H,21,26). The highest BCUT2D eigenvalue weighted by Gasteiger charge is 2.52. The maximum Gasteiger partial charge on any atom is 0.326 e. The van der Waals surface area contributed by atoms with Crippen molar-refractivity contribution in [3.05, 3.63) is 23.3 Å². The second-order valence-corrected chi connectivity index (χ2v) is 7.97. The van der Waals surface area contributed by atoms with Crippen LogP contribution in [-0.4, -0.2) is 79.7 Å². The van der Waals surface area contributed by atoms with Gasteiger partial charge in [0.2, 0.25) is 0 Å². The average molecular weight is 388 g/mol. The number of carbonyl (C=O) groups is 2. The summed E-state index contributed by atoms with van der Waals surface area (Å²) in [6.07, 6.45) is 2.18. The fourth-order valence-electron chi connectivity index (χ4n) is 4.41. The summed E-state index contributed by atoms with van der Waals surface area (Å²) in [6, 6.07) is 3.74. The summed E-state index contributed by atoms with van der Waals surface area (Å²) < 4.78 is 10.8. The smallest absolute Gasteiger partial charge is 0.326 e. The molecule has 0 saturated carbocycles. The number of hydrogen-bond acceptors (Lipinski definition) is 6. The molecule has 1 N–H and O–H groups in total. The van der Waals surface area contributed by atoms with E-state index in [2.05, 4.69) is 15.1 Å². The molecule has 2 saturated heterocycles. The molecule has 3 amide bonds. The lowest BCUT2D eigenvalue weighted by molar-refractivity contribution is -0.134. The van der Waals surface area contributed by atoms with E-state index in [4.69, 9.17) is 9.47 Å². The van der Waals surface area contributed by atoms with Gasteiger partial charge < -0.3 is 19.7 Å². The number of rotatable bonds is 4. The molecule has 1 aromatic carbocycles. The third-order valence-electron chi connectivity index (χ3n) is 6.23. The largest absolute Gasteiger partial charge is 0.493 e. The van der Waals surface area contributed by atoms with E-state index in [1.54, 1.807) is 14.2 Å². The van der Waals surface area contributed by atoms with Gasteiger partial charge in [-0.2, -0.15) is 0 Å². The zero-order valence-corrected chi connectivity index (χ0v) is 16.8. The quantitative estimate of drug-likeness (QED) is 0.777. The maximum atomic E-state index is 13.1. The Labute approximate surface area is 165 Å². The second-order valence-electron chi connectivity index (χ2n) is 7.97. The van der Waals surface area contributed by atoms with Crippen molar-refractivity contribution in [2.45, 2.75) is 31.3 Å². The van der Waals surface area contributed by atoms with Gasteiger partial charge in [-0.1, -0.05) is 0 Å². The van der Waals surface area contributed by atoms with Crippen molar-refractivity contribution in [1.82, 2.24) is 20.0 Å². The first kappa shape index (κ1) is 19.0. The summed E-state index contributed by atoms with van der Waals surface area (Å²) in [6.45, 7) is 3.41. The molecular formula is C20H28N4O4. The Kier molecular flexibility index (Phi) is 4.93. The molecular weight excluding hydrogens is 360 g/mol. The molecule has 2 fully saturated rings. The van der Waals surface area contributed by atoms with Crippen LogP contribution in [0.1, 0.15) is 24.0 Å². The summed E-state index contributed by atoms with van der Waals surface area (Å²) in [5.74, 6) is 1.35. The van der Waals surface area contributed by atoms with Gasteiger partial charge in [-0.3, -0.25) is 9.69 Å². The van der Waals surface area contributed by atoms with Crippen LogP contribution in [-0.2, 0) is 17.8 Å². The minimum Gasteiger partial charge on any atom is -0.493 e. The fraction of sp³-hybridized carbons (Fsp3) is 0.600. The Morgan fingerprint density at radius 3 is 2.32 bits per heavy atom. The summed E-state index contributed by atoms with van der Waals surface area (Å²) >= 11 is 0. The third-order valence-corrected chi connectivity index (χ3v) is 6.23. The number of nitrogens with zero attached hydrogens (tertiary/aromatic N) is 3. The number of benzene rings is 1. The number of likely N-dealkylation sites (tertiary alicyclic amines) is 1. The van der Waals surface area contributed by atoms with Crippen LogP contribution in [0, 0.1) is 0 Å². The molecule has 0 bridgehead atoms. The van der Waals surface area contributed by atoms with Crippen molar-refractivity contribution >= 4 is 11.9 Å². The van der Waals surface area contributed by atoms with E-state index >= 15 is 0 Å². The van der Waals surface area contributed by atoms with E-state index in [0.717, 1.165) is 37.4 Å². The van der Waals surface area contributed by atoms with Gasteiger partial charge in [-0.15, -0.1) is 0 Å². The van der Waals surface area contributed by atoms with Crippen LogP contribution >= 0.6 is 0 Å². The molecule has 8 heteroatoms. The van der Waals surface area contributed by atoms with Crippen molar-refractivity contribution in [3.63, 3.8) is 0 Å². The molecule has 3 aliphatic heterocycles. The van der Waals surface area contributed by atoms with Gasteiger partial charge in [0, 0.05) is 26.2 Å². The molecule has 0 aliphatic carbocycles. The number of urea groups is 1. The van der Waals surface area contributed by atoms with E-state index in [-0.39, 0.29) is 11.9 Å². The second kappa shape index (κ2) is 7.25. The zero-order valence-electron chi connectivity index (χ0n) is 16.8. The van der Waals surface area contributed by atoms with Crippen LogP contribution in [0.3, 0.4) is 0 Å². The van der Waals surface area contributed by atoms with Gasteiger partial charge in [-0.25, -0.2) is 9.69 Å². The van der Waals surface area contributed by atoms with Gasteiger partial charge in [0.15, 0.2) is 11.5 Å². The van der Waals surface area contributed by atoms with Crippen molar-refractivity contribution in [2.75, 3.05) is 47.6 Å². The molecule has 0 radical (unpaired) electrons. The van der Waals surface area contributed by atoms with Crippen LogP contribution in [0.2, 0.25) is 0 Å². The molecule has 3 aliphatic rings. The number of carbonyl (C=O) groups excluding carboxylic acids is 2. The number of fused-ring (bicyclic) bond motifs is 1. The number of imide groups is 1. The van der Waals surface area contributed by atoms with E-state index in [1.807, 2.05) is 19.2 Å². The number of amides is 3. The third kappa shape index (κ3) is 3.20. The summed E-state index contributed by atoms with van der Waals surface area (Å²) in [5.41, 5.74) is 1.65. The predicted octanol–water partition coefficient (Wildman–Crippen LogP) is 1.04. The van der Waals surface area contributed by atoms with E-state index in [1.165, 1.54) is 10.5 Å². The van der Waals surface area contributed by atoms with E-state index in [0.29, 0.717) is 31.8 Å². The molecule has 4 rings (SSSR count). The number of methoxy groups -OCH3 is 2. The molecule has 0 aromatic heterocycles. The number of piperidine rings is 1. The molecule has 152 valence electrons. The first-order valence-electron chi connectivity index (χ1n) is 9.74. The normalized spacial score (nSPS) is 22.3. The van der Waals surface area contributed by atoms with Crippen LogP contribution in [0.4, 0.5) is 4.79 Å². The molecule has 0 unspecified atom stereocenters. The minimum absolute atomic E-state index is 0.0799. The van der Waals surface area contributed by atoms with Gasteiger partial charge in [-0.05, 0) is 49.6 Å². The Morgan fingerprint density at radius 2 is 1.68 bits per heavy atom. The summed E-state index contributed by atoms with van der Waals surface area (Å²) in [4.78, 5) is 31.3. The van der Waals surface area contributed by atoms with Crippen LogP contribution in [0.5, 0.6) is 11.5 Å². The highest BCUT2D eigenvalue weighted by Crippen LogP contribution is 2.34. The molecule has 28 heavy (non-hydrogen) atoms. The lowest BCUT2D eigenvalue weighted by Crippen LogP contribution is -2.54. The van der Waals surface area contributed by atoms with Gasteiger partial charge in [0.05, 0.1) is 20.9 Å². The first-order valence-corrected chi connectivity index (χ1v) is 9.74. The fourth-order valence-corrected chi connectivity index (χ4v) is 4.41. The van der Waals surface area contributed by atoms with Crippen molar-refractivity contribution in [1.29, 1.82) is 0 Å². The lowest BCUT2D eigenvalue weighted by atomic mass is 9.88. The maximum absolute atomic E-state index is 13.1. The van der Waals surface area contributed by atoms with Crippen molar-refractivity contribution < 1.29 is 19.1 Å². The SMILES string of the molecule is COc1cc2c(cc1OC)CN(CN1C(=O)NC3(CCN(C)CC3)C1=O)CC2. The van der Waals surface area contributed by atoms with E-state index < -0.39 is 5.54 Å². The molecule has 1 aromatic rings. The Balaban J connectivity index is 1.47. The number of hydrogen-bond donors (Lipinski definition) is 1. The lowest BCUT2D eigenvalue weighted by Gasteiger charge is -2.36. The summed E-state index contributed by atoms with van der Waals surface area (Å²) in [5, 5.41) is 2.98. The van der Waals surface area contributed by atoms with Crippen LogP contribution < -0.4 is 14.8 Å². The van der Waals surface area contributed by atoms with Crippen molar-refractivity contribution in [3.8, 4) is 11.5 Å².